The monoisotopic (exact) mass is 399 g/mol. The number of carbonyl (C=O) groups is 1. The molecule has 0 bridgehead atoms. The van der Waals surface area contributed by atoms with Crippen molar-refractivity contribution in [3.05, 3.63) is 65.5 Å². The summed E-state index contributed by atoms with van der Waals surface area (Å²) in [5, 5.41) is 9.31. The molecule has 152 valence electrons. The molecule has 2 heterocycles. The number of hydrogen-bond acceptors (Lipinski definition) is 3. The Balaban J connectivity index is 1.51. The predicted octanol–water partition coefficient (Wildman–Crippen LogP) is 4.00. The van der Waals surface area contributed by atoms with Gasteiger partial charge < -0.3 is 10.1 Å². The minimum atomic E-state index is -0.801. The lowest BCUT2D eigenvalue weighted by Gasteiger charge is -2.38. The fourth-order valence-corrected chi connectivity index (χ4v) is 4.30. The maximum atomic E-state index is 13.5. The molecule has 2 unspecified atom stereocenters. The lowest BCUT2D eigenvalue weighted by Crippen LogP contribution is -2.41. The molecular weight excluding hydrogens is 376 g/mol. The summed E-state index contributed by atoms with van der Waals surface area (Å²) in [7, 11) is 0. The molecule has 4 rings (SSSR count). The van der Waals surface area contributed by atoms with Crippen molar-refractivity contribution >= 4 is 17.0 Å². The van der Waals surface area contributed by atoms with Gasteiger partial charge in [-0.1, -0.05) is 12.1 Å². The van der Waals surface area contributed by atoms with Gasteiger partial charge in [0.1, 0.15) is 17.5 Å². The van der Waals surface area contributed by atoms with Gasteiger partial charge in [0.2, 0.25) is 0 Å². The number of piperidine rings is 1. The number of aliphatic carboxylic acids is 1. The van der Waals surface area contributed by atoms with Crippen LogP contribution in [-0.4, -0.2) is 39.0 Å². The molecule has 0 spiro atoms. The molecule has 2 N–H and O–H groups in total. The molecule has 0 radical (unpaired) electrons. The van der Waals surface area contributed by atoms with Crippen LogP contribution in [0.4, 0.5) is 8.78 Å². The highest BCUT2D eigenvalue weighted by Crippen LogP contribution is 2.30. The zero-order chi connectivity index (χ0) is 20.4. The van der Waals surface area contributed by atoms with E-state index in [9.17, 15) is 18.7 Å². The minimum absolute atomic E-state index is 0.0428. The van der Waals surface area contributed by atoms with Crippen LogP contribution in [0.2, 0.25) is 0 Å². The van der Waals surface area contributed by atoms with Gasteiger partial charge in [0.05, 0.1) is 11.0 Å². The molecule has 2 atom stereocenters. The van der Waals surface area contributed by atoms with Crippen LogP contribution < -0.4 is 0 Å². The molecule has 1 saturated heterocycles. The van der Waals surface area contributed by atoms with Crippen molar-refractivity contribution in [2.45, 2.75) is 25.8 Å². The Morgan fingerprint density at radius 1 is 1.17 bits per heavy atom. The van der Waals surface area contributed by atoms with Gasteiger partial charge in [-0.25, -0.2) is 13.8 Å². The Morgan fingerprint density at radius 3 is 2.79 bits per heavy atom. The molecule has 29 heavy (non-hydrogen) atoms. The van der Waals surface area contributed by atoms with Crippen LogP contribution in [0.15, 0.2) is 42.5 Å². The van der Waals surface area contributed by atoms with Crippen LogP contribution in [0.3, 0.4) is 0 Å². The number of rotatable bonds is 6. The van der Waals surface area contributed by atoms with Crippen molar-refractivity contribution < 1.29 is 18.7 Å². The molecule has 1 aliphatic heterocycles. The summed E-state index contributed by atoms with van der Waals surface area (Å²) in [5.74, 6) is -0.506. The summed E-state index contributed by atoms with van der Waals surface area (Å²) in [5.41, 5.74) is 2.24. The van der Waals surface area contributed by atoms with Crippen molar-refractivity contribution in [2.24, 2.45) is 11.8 Å². The number of imidazole rings is 1. The van der Waals surface area contributed by atoms with E-state index in [0.29, 0.717) is 30.5 Å². The first kappa shape index (κ1) is 19.5. The summed E-state index contributed by atoms with van der Waals surface area (Å²) in [6, 6.07) is 11.0. The van der Waals surface area contributed by atoms with Crippen molar-refractivity contribution in [3.63, 3.8) is 0 Å². The van der Waals surface area contributed by atoms with Crippen LogP contribution >= 0.6 is 0 Å². The highest BCUT2D eigenvalue weighted by atomic mass is 19.1. The van der Waals surface area contributed by atoms with Crippen LogP contribution in [0.25, 0.3) is 11.0 Å². The summed E-state index contributed by atoms with van der Waals surface area (Å²) >= 11 is 0. The first-order valence-corrected chi connectivity index (χ1v) is 9.79. The van der Waals surface area contributed by atoms with E-state index in [2.05, 4.69) is 14.9 Å². The maximum absolute atomic E-state index is 13.5. The average molecular weight is 399 g/mol. The molecule has 1 aromatic heterocycles. The highest BCUT2D eigenvalue weighted by Gasteiger charge is 2.31. The lowest BCUT2D eigenvalue weighted by molar-refractivity contribution is -0.139. The van der Waals surface area contributed by atoms with Crippen molar-refractivity contribution in [3.8, 4) is 0 Å². The first-order chi connectivity index (χ1) is 14.0. The van der Waals surface area contributed by atoms with Crippen LogP contribution in [0, 0.1) is 23.5 Å². The second kappa shape index (κ2) is 8.29. The molecular formula is C22H23F2N3O2. The number of aromatic amines is 1. The zero-order valence-corrected chi connectivity index (χ0v) is 15.9. The maximum Gasteiger partial charge on any atom is 0.303 e. The molecule has 7 heteroatoms. The third-order valence-corrected chi connectivity index (χ3v) is 5.66. The smallest absolute Gasteiger partial charge is 0.303 e. The third-order valence-electron chi connectivity index (χ3n) is 5.66. The fourth-order valence-electron chi connectivity index (χ4n) is 4.30. The number of benzene rings is 2. The van der Waals surface area contributed by atoms with E-state index in [-0.39, 0.29) is 29.9 Å². The minimum Gasteiger partial charge on any atom is -0.481 e. The van der Waals surface area contributed by atoms with Crippen molar-refractivity contribution in [2.75, 3.05) is 13.1 Å². The topological polar surface area (TPSA) is 69.2 Å². The second-order valence-electron chi connectivity index (χ2n) is 7.82. The normalized spacial score (nSPS) is 20.2. The lowest BCUT2D eigenvalue weighted by atomic mass is 9.81. The third kappa shape index (κ3) is 4.79. The Bertz CT molecular complexity index is 1020. The molecule has 2 aromatic carbocycles. The van der Waals surface area contributed by atoms with Crippen molar-refractivity contribution in [1.82, 2.24) is 14.9 Å². The number of likely N-dealkylation sites (tertiary alicyclic amines) is 1. The second-order valence-corrected chi connectivity index (χ2v) is 7.82. The van der Waals surface area contributed by atoms with Gasteiger partial charge in [-0.3, -0.25) is 9.69 Å². The van der Waals surface area contributed by atoms with Gasteiger partial charge in [-0.2, -0.15) is 0 Å². The number of fused-ring (bicyclic) bond motifs is 1. The molecule has 5 nitrogen and oxygen atoms in total. The summed E-state index contributed by atoms with van der Waals surface area (Å²) < 4.78 is 26.9. The Kier molecular flexibility index (Phi) is 5.58. The largest absolute Gasteiger partial charge is 0.481 e. The van der Waals surface area contributed by atoms with Gasteiger partial charge in [-0.05, 0) is 60.7 Å². The van der Waals surface area contributed by atoms with Gasteiger partial charge in [0.15, 0.2) is 0 Å². The molecule has 0 amide bonds. The van der Waals surface area contributed by atoms with E-state index in [4.69, 9.17) is 0 Å². The summed E-state index contributed by atoms with van der Waals surface area (Å²) in [6.07, 6.45) is 1.47. The van der Waals surface area contributed by atoms with Gasteiger partial charge in [-0.15, -0.1) is 0 Å². The first-order valence-electron chi connectivity index (χ1n) is 9.79. The van der Waals surface area contributed by atoms with Gasteiger partial charge in [0.25, 0.3) is 0 Å². The molecule has 1 fully saturated rings. The number of carboxylic acids is 1. The van der Waals surface area contributed by atoms with Gasteiger partial charge >= 0.3 is 5.97 Å². The molecule has 0 aliphatic carbocycles. The average Bonchev–Trinajstić information content (AvgIpc) is 3.05. The van der Waals surface area contributed by atoms with E-state index in [1.54, 1.807) is 12.1 Å². The number of H-pyrrole nitrogens is 1. The van der Waals surface area contributed by atoms with Gasteiger partial charge in [0, 0.05) is 25.9 Å². The summed E-state index contributed by atoms with van der Waals surface area (Å²) in [6.45, 7) is 2.11. The number of carboxylic acid groups (broad SMARTS) is 1. The van der Waals surface area contributed by atoms with E-state index in [1.807, 2.05) is 6.07 Å². The van der Waals surface area contributed by atoms with E-state index in [1.165, 1.54) is 24.3 Å². The Hall–Kier alpha value is -2.80. The van der Waals surface area contributed by atoms with E-state index < -0.39 is 5.97 Å². The summed E-state index contributed by atoms with van der Waals surface area (Å²) in [4.78, 5) is 21.3. The van der Waals surface area contributed by atoms with E-state index >= 15 is 0 Å². The predicted molar refractivity (Wildman–Crippen MR) is 105 cm³/mol. The fraction of sp³-hybridized carbons (Fsp3) is 0.364. The Labute approximate surface area is 167 Å². The zero-order valence-electron chi connectivity index (χ0n) is 15.9. The number of aromatic nitrogens is 2. The standard InChI is InChI=1S/C22H23F2N3O2/c23-17-3-1-2-14(8-17)12-27-7-6-15(10-22(28)29)16(13-27)9-21-25-19-5-4-18(24)11-20(19)26-21/h1-5,8,11,15-16H,6-7,9-10,12-13H2,(H,25,26)(H,28,29). The van der Waals surface area contributed by atoms with Crippen LogP contribution in [0.5, 0.6) is 0 Å². The molecule has 0 saturated carbocycles. The molecule has 3 aromatic rings. The van der Waals surface area contributed by atoms with E-state index in [0.717, 1.165) is 24.4 Å². The van der Waals surface area contributed by atoms with Crippen LogP contribution in [-0.2, 0) is 17.8 Å². The Morgan fingerprint density at radius 2 is 2.00 bits per heavy atom. The molecule has 1 aliphatic rings. The van der Waals surface area contributed by atoms with Crippen molar-refractivity contribution in [1.29, 1.82) is 0 Å². The number of nitrogens with zero attached hydrogens (tertiary/aromatic N) is 2. The van der Waals surface area contributed by atoms with Crippen LogP contribution in [0.1, 0.15) is 24.2 Å². The quantitative estimate of drug-likeness (QED) is 0.658. The number of hydrogen-bond donors (Lipinski definition) is 2. The SMILES string of the molecule is O=C(O)CC1CCN(Cc2cccc(F)c2)CC1Cc1nc2ccc(F)cc2[nH]1. The highest BCUT2D eigenvalue weighted by molar-refractivity contribution is 5.74. The number of halogens is 2. The number of nitrogens with one attached hydrogen (secondary N) is 1.